The molecule has 1 rings (SSSR count). The summed E-state index contributed by atoms with van der Waals surface area (Å²) in [6, 6.07) is 6.73. The lowest BCUT2D eigenvalue weighted by atomic mass is 10.1. The predicted octanol–water partition coefficient (Wildman–Crippen LogP) is 3.23. The Kier molecular flexibility index (Phi) is 7.33. The van der Waals surface area contributed by atoms with E-state index in [0.717, 1.165) is 31.9 Å². The maximum atomic E-state index is 5.05. The van der Waals surface area contributed by atoms with Crippen LogP contribution in [0.1, 0.15) is 24.5 Å². The number of nitrogens with one attached hydrogen (secondary N) is 1. The molecule has 0 aliphatic rings. The van der Waals surface area contributed by atoms with Gasteiger partial charge in [0.1, 0.15) is 0 Å². The minimum absolute atomic E-state index is 0.852. The van der Waals surface area contributed by atoms with E-state index in [-0.39, 0.29) is 0 Å². The first kappa shape index (κ1) is 14.6. The molecule has 0 amide bonds. The van der Waals surface area contributed by atoms with Crippen LogP contribution in [0.2, 0.25) is 0 Å². The summed E-state index contributed by atoms with van der Waals surface area (Å²) in [4.78, 5) is 1.36. The van der Waals surface area contributed by atoms with Gasteiger partial charge in [0.2, 0.25) is 0 Å². The second-order valence-electron chi connectivity index (χ2n) is 4.06. The third-order valence-electron chi connectivity index (χ3n) is 2.64. The lowest BCUT2D eigenvalue weighted by Crippen LogP contribution is -2.12. The molecular weight excluding hydrogens is 230 g/mol. The fourth-order valence-electron chi connectivity index (χ4n) is 1.61. The molecule has 0 aliphatic carbocycles. The zero-order chi connectivity index (χ0) is 12.5. The Morgan fingerprint density at radius 2 is 2.18 bits per heavy atom. The smallest absolute Gasteiger partial charge is 0.0470 e. The van der Waals surface area contributed by atoms with Gasteiger partial charge in [-0.05, 0) is 43.1 Å². The third-order valence-corrected chi connectivity index (χ3v) is 3.72. The van der Waals surface area contributed by atoms with Crippen LogP contribution in [0.25, 0.3) is 0 Å². The summed E-state index contributed by atoms with van der Waals surface area (Å²) < 4.78 is 5.05. The molecule has 2 nitrogen and oxygen atoms in total. The maximum Gasteiger partial charge on any atom is 0.0470 e. The summed E-state index contributed by atoms with van der Waals surface area (Å²) in [7, 11) is 1.75. The Labute approximate surface area is 109 Å². The Morgan fingerprint density at radius 1 is 1.35 bits per heavy atom. The van der Waals surface area contributed by atoms with Crippen LogP contribution in [-0.2, 0) is 11.3 Å². The van der Waals surface area contributed by atoms with Gasteiger partial charge in [-0.3, -0.25) is 0 Å². The first-order valence-corrected chi connectivity index (χ1v) is 7.18. The van der Waals surface area contributed by atoms with E-state index < -0.39 is 0 Å². The van der Waals surface area contributed by atoms with E-state index in [0.29, 0.717) is 0 Å². The highest BCUT2D eigenvalue weighted by Crippen LogP contribution is 2.22. The van der Waals surface area contributed by atoms with Gasteiger partial charge in [-0.2, -0.15) is 0 Å². The molecule has 0 bridgehead atoms. The zero-order valence-corrected chi connectivity index (χ0v) is 11.9. The first-order chi connectivity index (χ1) is 8.27. The zero-order valence-electron chi connectivity index (χ0n) is 11.1. The van der Waals surface area contributed by atoms with Gasteiger partial charge >= 0.3 is 0 Å². The molecule has 0 saturated heterocycles. The molecule has 0 aliphatic heterocycles. The standard InChI is InChI=1S/C14H23NOS/c1-4-15-11-13-6-7-14(10-12(13)2)17-9-5-8-16-3/h6-7,10,15H,4-5,8-9,11H2,1-3H3. The third kappa shape index (κ3) is 5.57. The normalized spacial score (nSPS) is 10.8. The Morgan fingerprint density at radius 3 is 2.82 bits per heavy atom. The minimum atomic E-state index is 0.852. The number of aryl methyl sites for hydroxylation is 1. The summed E-state index contributed by atoms with van der Waals surface area (Å²) >= 11 is 1.91. The van der Waals surface area contributed by atoms with Crippen molar-refractivity contribution in [3.63, 3.8) is 0 Å². The number of benzene rings is 1. The first-order valence-electron chi connectivity index (χ1n) is 6.20. The Hall–Kier alpha value is -0.510. The van der Waals surface area contributed by atoms with Gasteiger partial charge in [0.15, 0.2) is 0 Å². The Bertz CT molecular complexity index is 328. The summed E-state index contributed by atoms with van der Waals surface area (Å²) in [5, 5.41) is 3.36. The SMILES string of the molecule is CCNCc1ccc(SCCCOC)cc1C. The molecule has 0 radical (unpaired) electrons. The van der Waals surface area contributed by atoms with Crippen molar-refractivity contribution in [3.8, 4) is 0 Å². The molecule has 1 N–H and O–H groups in total. The van der Waals surface area contributed by atoms with E-state index in [1.165, 1.54) is 16.0 Å². The fourth-order valence-corrected chi connectivity index (χ4v) is 2.53. The van der Waals surface area contributed by atoms with Crippen molar-refractivity contribution in [2.45, 2.75) is 31.7 Å². The van der Waals surface area contributed by atoms with E-state index in [9.17, 15) is 0 Å². The van der Waals surface area contributed by atoms with Crippen LogP contribution in [0.15, 0.2) is 23.1 Å². The summed E-state index contributed by atoms with van der Waals surface area (Å²) in [5.41, 5.74) is 2.77. The van der Waals surface area contributed by atoms with Gasteiger partial charge in [0.25, 0.3) is 0 Å². The van der Waals surface area contributed by atoms with E-state index >= 15 is 0 Å². The topological polar surface area (TPSA) is 21.3 Å². The van der Waals surface area contributed by atoms with Gasteiger partial charge in [0, 0.05) is 30.9 Å². The number of hydrogen-bond acceptors (Lipinski definition) is 3. The van der Waals surface area contributed by atoms with Crippen LogP contribution in [-0.4, -0.2) is 26.0 Å². The molecule has 1 aromatic rings. The highest BCUT2D eigenvalue weighted by molar-refractivity contribution is 7.99. The van der Waals surface area contributed by atoms with E-state index in [4.69, 9.17) is 4.74 Å². The molecule has 0 spiro atoms. The molecule has 17 heavy (non-hydrogen) atoms. The lowest BCUT2D eigenvalue weighted by molar-refractivity contribution is 0.200. The summed E-state index contributed by atoms with van der Waals surface area (Å²) in [6.07, 6.45) is 1.11. The quantitative estimate of drug-likeness (QED) is 0.568. The number of methoxy groups -OCH3 is 1. The number of hydrogen-bond donors (Lipinski definition) is 1. The fraction of sp³-hybridized carbons (Fsp3) is 0.571. The monoisotopic (exact) mass is 253 g/mol. The van der Waals surface area contributed by atoms with Crippen molar-refractivity contribution < 1.29 is 4.74 Å². The van der Waals surface area contributed by atoms with Gasteiger partial charge < -0.3 is 10.1 Å². The average molecular weight is 253 g/mol. The van der Waals surface area contributed by atoms with Crippen LogP contribution in [0.4, 0.5) is 0 Å². The molecule has 0 heterocycles. The van der Waals surface area contributed by atoms with Gasteiger partial charge in [-0.15, -0.1) is 11.8 Å². The number of thioether (sulfide) groups is 1. The van der Waals surface area contributed by atoms with Crippen molar-refractivity contribution in [1.29, 1.82) is 0 Å². The van der Waals surface area contributed by atoms with Crippen LogP contribution in [0, 0.1) is 6.92 Å². The number of rotatable bonds is 8. The van der Waals surface area contributed by atoms with E-state index in [1.807, 2.05) is 11.8 Å². The largest absolute Gasteiger partial charge is 0.385 e. The van der Waals surface area contributed by atoms with Crippen LogP contribution >= 0.6 is 11.8 Å². The molecule has 0 aromatic heterocycles. The van der Waals surface area contributed by atoms with Gasteiger partial charge in [-0.25, -0.2) is 0 Å². The average Bonchev–Trinajstić information content (AvgIpc) is 2.34. The second kappa shape index (κ2) is 8.56. The Balaban J connectivity index is 2.44. The molecule has 1 aromatic carbocycles. The molecular formula is C14H23NOS. The van der Waals surface area contributed by atoms with Crippen molar-refractivity contribution in [2.75, 3.05) is 26.0 Å². The maximum absolute atomic E-state index is 5.05. The van der Waals surface area contributed by atoms with Crippen molar-refractivity contribution in [2.24, 2.45) is 0 Å². The lowest BCUT2D eigenvalue weighted by Gasteiger charge is -2.08. The van der Waals surface area contributed by atoms with Gasteiger partial charge in [-0.1, -0.05) is 13.0 Å². The summed E-state index contributed by atoms with van der Waals surface area (Å²) in [5.74, 6) is 1.12. The number of ether oxygens (including phenoxy) is 1. The highest BCUT2D eigenvalue weighted by Gasteiger charge is 2.00. The molecule has 0 saturated carbocycles. The van der Waals surface area contributed by atoms with Crippen LogP contribution in [0.5, 0.6) is 0 Å². The minimum Gasteiger partial charge on any atom is -0.385 e. The molecule has 96 valence electrons. The molecule has 0 atom stereocenters. The van der Waals surface area contributed by atoms with E-state index in [2.05, 4.69) is 37.4 Å². The summed E-state index contributed by atoms with van der Waals surface area (Å²) in [6.45, 7) is 7.16. The predicted molar refractivity (Wildman–Crippen MR) is 75.8 cm³/mol. The van der Waals surface area contributed by atoms with Crippen molar-refractivity contribution >= 4 is 11.8 Å². The molecule has 3 heteroatoms. The van der Waals surface area contributed by atoms with E-state index in [1.54, 1.807) is 7.11 Å². The molecule has 0 fully saturated rings. The van der Waals surface area contributed by atoms with Crippen LogP contribution < -0.4 is 5.32 Å². The second-order valence-corrected chi connectivity index (χ2v) is 5.23. The molecule has 0 unspecified atom stereocenters. The van der Waals surface area contributed by atoms with Crippen molar-refractivity contribution in [3.05, 3.63) is 29.3 Å². The van der Waals surface area contributed by atoms with Crippen molar-refractivity contribution in [1.82, 2.24) is 5.32 Å². The van der Waals surface area contributed by atoms with Crippen LogP contribution in [0.3, 0.4) is 0 Å². The van der Waals surface area contributed by atoms with Gasteiger partial charge in [0.05, 0.1) is 0 Å². The highest BCUT2D eigenvalue weighted by atomic mass is 32.2.